The number of amides is 1. The number of hydrogen-bond acceptors (Lipinski definition) is 3. The Bertz CT molecular complexity index is 917. The summed E-state index contributed by atoms with van der Waals surface area (Å²) < 4.78 is 7.96. The number of carbonyl (C=O) groups excluding carboxylic acids is 1. The van der Waals surface area contributed by atoms with Crippen LogP contribution in [0.3, 0.4) is 0 Å². The molecule has 0 saturated heterocycles. The second-order valence-corrected chi connectivity index (χ2v) is 8.31. The van der Waals surface area contributed by atoms with Gasteiger partial charge < -0.3 is 14.2 Å². The van der Waals surface area contributed by atoms with Crippen LogP contribution in [-0.2, 0) is 24.5 Å². The maximum Gasteiger partial charge on any atom is 0.225 e. The monoisotopic (exact) mass is 417 g/mol. The van der Waals surface area contributed by atoms with Crippen LogP contribution in [0.1, 0.15) is 43.2 Å². The highest BCUT2D eigenvalue weighted by atomic mass is 16.5. The van der Waals surface area contributed by atoms with Crippen molar-refractivity contribution in [3.8, 4) is 5.75 Å². The third-order valence-corrected chi connectivity index (χ3v) is 5.96. The van der Waals surface area contributed by atoms with Gasteiger partial charge in [0.05, 0.1) is 6.33 Å². The summed E-state index contributed by atoms with van der Waals surface area (Å²) in [5.74, 6) is 1.36. The Morgan fingerprint density at radius 3 is 2.52 bits per heavy atom. The molecule has 1 saturated carbocycles. The SMILES string of the molecule is O=C(C1CCCC1)N(CCCn1ccnc1)Cc1ccc(OCc2ccccc2)cc1. The van der Waals surface area contributed by atoms with Crippen LogP contribution in [0.25, 0.3) is 0 Å². The number of nitrogens with zero attached hydrogens (tertiary/aromatic N) is 3. The van der Waals surface area contributed by atoms with E-state index in [1.165, 1.54) is 12.8 Å². The van der Waals surface area contributed by atoms with Crippen molar-refractivity contribution >= 4 is 5.91 Å². The molecule has 1 aliphatic rings. The molecule has 1 aromatic heterocycles. The Hall–Kier alpha value is -3.08. The molecule has 0 atom stereocenters. The van der Waals surface area contributed by atoms with Gasteiger partial charge in [-0.3, -0.25) is 4.79 Å². The average molecular weight is 418 g/mol. The molecule has 2 aromatic carbocycles. The molecule has 3 aromatic rings. The highest BCUT2D eigenvalue weighted by Crippen LogP contribution is 2.27. The van der Waals surface area contributed by atoms with Crippen LogP contribution in [-0.4, -0.2) is 26.9 Å². The molecule has 1 aliphatic carbocycles. The zero-order chi connectivity index (χ0) is 21.3. The predicted octanol–water partition coefficient (Wildman–Crippen LogP) is 5.07. The van der Waals surface area contributed by atoms with Crippen LogP contribution >= 0.6 is 0 Å². The van der Waals surface area contributed by atoms with Gasteiger partial charge in [-0.1, -0.05) is 55.3 Å². The fraction of sp³-hybridized carbons (Fsp3) is 0.385. The number of rotatable bonds is 10. The smallest absolute Gasteiger partial charge is 0.225 e. The van der Waals surface area contributed by atoms with Crippen molar-refractivity contribution in [1.29, 1.82) is 0 Å². The second kappa shape index (κ2) is 10.8. The summed E-state index contributed by atoms with van der Waals surface area (Å²) >= 11 is 0. The molecular weight excluding hydrogens is 386 g/mol. The van der Waals surface area contributed by atoms with E-state index in [0.717, 1.165) is 49.2 Å². The van der Waals surface area contributed by atoms with Crippen LogP contribution in [0.15, 0.2) is 73.3 Å². The van der Waals surface area contributed by atoms with Crippen LogP contribution in [0.4, 0.5) is 0 Å². The van der Waals surface area contributed by atoms with E-state index in [1.807, 2.05) is 47.8 Å². The van der Waals surface area contributed by atoms with Crippen molar-refractivity contribution < 1.29 is 9.53 Å². The summed E-state index contributed by atoms with van der Waals surface area (Å²) in [5, 5.41) is 0. The largest absolute Gasteiger partial charge is 0.489 e. The Morgan fingerprint density at radius 2 is 1.81 bits per heavy atom. The molecule has 5 heteroatoms. The third-order valence-electron chi connectivity index (χ3n) is 5.96. The van der Waals surface area contributed by atoms with Gasteiger partial charge in [-0.25, -0.2) is 4.98 Å². The molecule has 0 spiro atoms. The lowest BCUT2D eigenvalue weighted by Crippen LogP contribution is -2.36. The van der Waals surface area contributed by atoms with Gasteiger partial charge in [0.1, 0.15) is 12.4 Å². The summed E-state index contributed by atoms with van der Waals surface area (Å²) in [7, 11) is 0. The minimum atomic E-state index is 0.196. The summed E-state index contributed by atoms with van der Waals surface area (Å²) in [4.78, 5) is 19.3. The number of carbonyl (C=O) groups is 1. The molecule has 31 heavy (non-hydrogen) atoms. The van der Waals surface area contributed by atoms with E-state index in [2.05, 4.69) is 33.8 Å². The third kappa shape index (κ3) is 6.20. The molecule has 0 N–H and O–H groups in total. The molecule has 1 fully saturated rings. The van der Waals surface area contributed by atoms with E-state index in [0.29, 0.717) is 19.1 Å². The number of ether oxygens (including phenoxy) is 1. The summed E-state index contributed by atoms with van der Waals surface area (Å²) in [5.41, 5.74) is 2.29. The molecule has 5 nitrogen and oxygen atoms in total. The highest BCUT2D eigenvalue weighted by Gasteiger charge is 2.27. The highest BCUT2D eigenvalue weighted by molar-refractivity contribution is 5.79. The summed E-state index contributed by atoms with van der Waals surface area (Å²) in [6, 6.07) is 18.3. The summed E-state index contributed by atoms with van der Waals surface area (Å²) in [6.07, 6.45) is 10.9. The summed E-state index contributed by atoms with van der Waals surface area (Å²) in [6.45, 7) is 2.85. The van der Waals surface area contributed by atoms with E-state index in [-0.39, 0.29) is 5.92 Å². The first-order valence-corrected chi connectivity index (χ1v) is 11.3. The van der Waals surface area contributed by atoms with Crippen molar-refractivity contribution in [2.75, 3.05) is 6.54 Å². The Labute approximate surface area is 184 Å². The first-order valence-electron chi connectivity index (χ1n) is 11.3. The van der Waals surface area contributed by atoms with Crippen molar-refractivity contribution in [2.24, 2.45) is 5.92 Å². The maximum absolute atomic E-state index is 13.2. The fourth-order valence-electron chi connectivity index (χ4n) is 4.21. The fourth-order valence-corrected chi connectivity index (χ4v) is 4.21. The lowest BCUT2D eigenvalue weighted by Gasteiger charge is -2.26. The van der Waals surface area contributed by atoms with E-state index in [1.54, 1.807) is 6.20 Å². The molecule has 0 radical (unpaired) electrons. The van der Waals surface area contributed by atoms with Gasteiger partial charge in [-0.2, -0.15) is 0 Å². The van der Waals surface area contributed by atoms with Gasteiger partial charge in [-0.05, 0) is 42.5 Å². The van der Waals surface area contributed by atoms with Gasteiger partial charge in [0.2, 0.25) is 5.91 Å². The topological polar surface area (TPSA) is 47.4 Å². The standard InChI is InChI=1S/C26H31N3O2/c30-26(24-9-4-5-10-24)29(17-6-16-28-18-15-27-21-28)19-22-11-13-25(14-12-22)31-20-23-7-2-1-3-8-23/h1-3,7-8,11-15,18,21,24H,4-6,9-10,16-17,19-20H2. The normalized spacial score (nSPS) is 13.9. The van der Waals surface area contributed by atoms with Gasteiger partial charge in [-0.15, -0.1) is 0 Å². The molecule has 0 bridgehead atoms. The van der Waals surface area contributed by atoms with Gasteiger partial charge >= 0.3 is 0 Å². The lowest BCUT2D eigenvalue weighted by atomic mass is 10.1. The molecule has 1 heterocycles. The lowest BCUT2D eigenvalue weighted by molar-refractivity contribution is -0.136. The molecule has 0 aliphatic heterocycles. The van der Waals surface area contributed by atoms with Crippen LogP contribution in [0.2, 0.25) is 0 Å². The number of aryl methyl sites for hydroxylation is 1. The van der Waals surface area contributed by atoms with Crippen molar-refractivity contribution in [3.63, 3.8) is 0 Å². The van der Waals surface area contributed by atoms with Crippen LogP contribution < -0.4 is 4.74 Å². The predicted molar refractivity (Wildman–Crippen MR) is 121 cm³/mol. The van der Waals surface area contributed by atoms with Gasteiger partial charge in [0.25, 0.3) is 0 Å². The molecule has 162 valence electrons. The molecule has 0 unspecified atom stereocenters. The van der Waals surface area contributed by atoms with Crippen molar-refractivity contribution in [2.45, 2.75) is 51.8 Å². The maximum atomic E-state index is 13.2. The molecule has 4 rings (SSSR count). The number of aromatic nitrogens is 2. The Kier molecular flexibility index (Phi) is 7.37. The Balaban J connectivity index is 1.34. The van der Waals surface area contributed by atoms with Crippen molar-refractivity contribution in [1.82, 2.24) is 14.5 Å². The number of benzene rings is 2. The quantitative estimate of drug-likeness (QED) is 0.463. The minimum Gasteiger partial charge on any atom is -0.489 e. The second-order valence-electron chi connectivity index (χ2n) is 8.31. The van der Waals surface area contributed by atoms with E-state index >= 15 is 0 Å². The molecular formula is C26H31N3O2. The first kappa shape index (κ1) is 21.2. The first-order chi connectivity index (χ1) is 15.3. The van der Waals surface area contributed by atoms with E-state index < -0.39 is 0 Å². The van der Waals surface area contributed by atoms with Gasteiger partial charge in [0.15, 0.2) is 0 Å². The average Bonchev–Trinajstić information content (AvgIpc) is 3.53. The molecule has 1 amide bonds. The zero-order valence-corrected chi connectivity index (χ0v) is 18.0. The van der Waals surface area contributed by atoms with Crippen LogP contribution in [0.5, 0.6) is 5.75 Å². The van der Waals surface area contributed by atoms with E-state index in [9.17, 15) is 4.79 Å². The van der Waals surface area contributed by atoms with E-state index in [4.69, 9.17) is 4.74 Å². The van der Waals surface area contributed by atoms with Gasteiger partial charge in [0, 0.05) is 37.9 Å². The minimum absolute atomic E-state index is 0.196. The number of hydrogen-bond donors (Lipinski definition) is 0. The van der Waals surface area contributed by atoms with Crippen LogP contribution in [0, 0.1) is 5.92 Å². The van der Waals surface area contributed by atoms with Crippen molar-refractivity contribution in [3.05, 3.63) is 84.4 Å². The Morgan fingerprint density at radius 1 is 1.03 bits per heavy atom. The zero-order valence-electron chi connectivity index (χ0n) is 18.0. The number of imidazole rings is 1.